The maximum absolute atomic E-state index is 13.0. The summed E-state index contributed by atoms with van der Waals surface area (Å²) in [5.41, 5.74) is 0.611. The Labute approximate surface area is 191 Å². The molecule has 5 rings (SSSR count). The molecule has 10 heteroatoms. The molecule has 0 bridgehead atoms. The molecule has 0 saturated carbocycles. The van der Waals surface area contributed by atoms with E-state index in [9.17, 15) is 22.8 Å². The van der Waals surface area contributed by atoms with E-state index in [1.165, 1.54) is 24.5 Å². The third-order valence-electron chi connectivity index (χ3n) is 6.63. The number of rotatable bonds is 5. The molecule has 0 radical (unpaired) electrons. The molecule has 3 amide bonds. The number of piperidine rings is 1. The van der Waals surface area contributed by atoms with Gasteiger partial charge in [-0.05, 0) is 56.3 Å². The van der Waals surface area contributed by atoms with Gasteiger partial charge >= 0.3 is 0 Å². The highest BCUT2D eigenvalue weighted by atomic mass is 32.2. The van der Waals surface area contributed by atoms with Crippen LogP contribution in [0.15, 0.2) is 41.0 Å². The second kappa shape index (κ2) is 8.42. The van der Waals surface area contributed by atoms with Crippen molar-refractivity contribution in [2.45, 2.75) is 37.9 Å². The topological polar surface area (TPSA) is 117 Å². The smallest absolute Gasteiger partial charge is 0.261 e. The number of carbonyl (C=O) groups is 3. The van der Waals surface area contributed by atoms with E-state index in [1.807, 2.05) is 0 Å². The number of furan rings is 1. The normalized spacial score (nSPS) is 24.8. The van der Waals surface area contributed by atoms with Gasteiger partial charge in [-0.3, -0.25) is 24.2 Å². The average molecular weight is 472 g/mol. The number of hydrogen-bond donors (Lipinski definition) is 1. The first kappa shape index (κ1) is 21.8. The second-order valence-corrected chi connectivity index (χ2v) is 11.0. The highest BCUT2D eigenvalue weighted by molar-refractivity contribution is 7.91. The van der Waals surface area contributed by atoms with Crippen LogP contribution in [0.4, 0.5) is 0 Å². The Morgan fingerprint density at radius 2 is 1.79 bits per heavy atom. The minimum absolute atomic E-state index is 0.0122. The van der Waals surface area contributed by atoms with Crippen molar-refractivity contribution in [2.75, 3.05) is 24.6 Å². The third kappa shape index (κ3) is 4.20. The largest absolute Gasteiger partial charge is 0.467 e. The minimum Gasteiger partial charge on any atom is -0.467 e. The lowest BCUT2D eigenvalue weighted by Gasteiger charge is -2.35. The molecule has 174 valence electrons. The van der Waals surface area contributed by atoms with Crippen molar-refractivity contribution < 1.29 is 27.2 Å². The monoisotopic (exact) mass is 471 g/mol. The lowest BCUT2D eigenvalue weighted by atomic mass is 10.0. The number of likely N-dealkylation sites (tertiary alicyclic amines) is 1. The van der Waals surface area contributed by atoms with Gasteiger partial charge < -0.3 is 9.73 Å². The number of sulfone groups is 1. The van der Waals surface area contributed by atoms with E-state index in [0.29, 0.717) is 5.76 Å². The van der Waals surface area contributed by atoms with Crippen molar-refractivity contribution in [3.63, 3.8) is 0 Å². The van der Waals surface area contributed by atoms with Crippen molar-refractivity contribution >= 4 is 27.6 Å². The Morgan fingerprint density at radius 1 is 1.03 bits per heavy atom. The van der Waals surface area contributed by atoms with Crippen LogP contribution in [0.25, 0.3) is 0 Å². The van der Waals surface area contributed by atoms with Crippen molar-refractivity contribution in [1.82, 2.24) is 15.1 Å². The summed E-state index contributed by atoms with van der Waals surface area (Å²) in [7, 11) is -3.25. The second-order valence-electron chi connectivity index (χ2n) is 8.86. The molecule has 0 spiro atoms. The van der Waals surface area contributed by atoms with Gasteiger partial charge in [-0.15, -0.1) is 0 Å². The Bertz CT molecular complexity index is 1200. The molecule has 2 saturated heterocycles. The van der Waals surface area contributed by atoms with E-state index in [4.69, 9.17) is 4.42 Å². The zero-order valence-corrected chi connectivity index (χ0v) is 18.8. The molecule has 1 aromatic heterocycles. The van der Waals surface area contributed by atoms with E-state index in [-0.39, 0.29) is 40.8 Å². The molecule has 2 unspecified atom stereocenters. The van der Waals surface area contributed by atoms with E-state index in [0.717, 1.165) is 37.3 Å². The van der Waals surface area contributed by atoms with Crippen molar-refractivity contribution in [3.05, 3.63) is 59.0 Å². The Morgan fingerprint density at radius 3 is 2.52 bits per heavy atom. The number of carbonyl (C=O) groups excluding carboxylic acids is 3. The highest BCUT2D eigenvalue weighted by Crippen LogP contribution is 2.27. The molecule has 2 aromatic rings. The van der Waals surface area contributed by atoms with E-state index in [2.05, 4.69) is 10.2 Å². The van der Waals surface area contributed by atoms with E-state index >= 15 is 0 Å². The van der Waals surface area contributed by atoms with Gasteiger partial charge in [0.2, 0.25) is 0 Å². The molecule has 3 aliphatic rings. The first-order valence-electron chi connectivity index (χ1n) is 11.1. The average Bonchev–Trinajstić information content (AvgIpc) is 3.48. The van der Waals surface area contributed by atoms with Gasteiger partial charge in [-0.25, -0.2) is 8.42 Å². The molecule has 1 N–H and O–H groups in total. The third-order valence-corrected chi connectivity index (χ3v) is 8.34. The summed E-state index contributed by atoms with van der Waals surface area (Å²) in [6.07, 6.45) is 4.64. The Balaban J connectivity index is 1.33. The van der Waals surface area contributed by atoms with E-state index < -0.39 is 33.6 Å². The van der Waals surface area contributed by atoms with Gasteiger partial charge in [-0.2, -0.15) is 0 Å². The summed E-state index contributed by atoms with van der Waals surface area (Å²) < 4.78 is 29.9. The van der Waals surface area contributed by atoms with Crippen LogP contribution in [0.3, 0.4) is 0 Å². The predicted molar refractivity (Wildman–Crippen MR) is 118 cm³/mol. The van der Waals surface area contributed by atoms with Crippen LogP contribution in [0.5, 0.6) is 0 Å². The van der Waals surface area contributed by atoms with Gasteiger partial charge in [0.05, 0.1) is 41.5 Å². The lowest BCUT2D eigenvalue weighted by Crippen LogP contribution is -2.52. The summed E-state index contributed by atoms with van der Waals surface area (Å²) in [4.78, 5) is 41.8. The summed E-state index contributed by atoms with van der Waals surface area (Å²) in [6, 6.07) is 6.97. The fraction of sp³-hybridized carbons (Fsp3) is 0.435. The number of nitrogens with zero attached hydrogens (tertiary/aromatic N) is 2. The van der Waals surface area contributed by atoms with Crippen molar-refractivity contribution in [3.8, 4) is 0 Å². The number of imide groups is 1. The van der Waals surface area contributed by atoms with Gasteiger partial charge in [0, 0.05) is 11.6 Å². The van der Waals surface area contributed by atoms with Gasteiger partial charge in [0.25, 0.3) is 17.7 Å². The maximum atomic E-state index is 13.0. The van der Waals surface area contributed by atoms with Gasteiger partial charge in [0.1, 0.15) is 5.76 Å². The predicted octanol–water partition coefficient (Wildman–Crippen LogP) is 1.46. The molecule has 2 fully saturated rings. The summed E-state index contributed by atoms with van der Waals surface area (Å²) in [6.45, 7) is 1.67. The lowest BCUT2D eigenvalue weighted by molar-refractivity contribution is 0.0631. The number of benzene rings is 1. The first-order chi connectivity index (χ1) is 15.8. The van der Waals surface area contributed by atoms with Crippen LogP contribution in [0.2, 0.25) is 0 Å². The maximum Gasteiger partial charge on any atom is 0.261 e. The number of fused-ring (bicyclic) bond motifs is 1. The highest BCUT2D eigenvalue weighted by Gasteiger charge is 2.42. The molecule has 4 heterocycles. The summed E-state index contributed by atoms with van der Waals surface area (Å²) >= 11 is 0. The van der Waals surface area contributed by atoms with Gasteiger partial charge in [-0.1, -0.05) is 6.42 Å². The number of nitrogens with one attached hydrogen (secondary N) is 1. The fourth-order valence-electron chi connectivity index (χ4n) is 4.96. The molecule has 3 aliphatic heterocycles. The van der Waals surface area contributed by atoms with Crippen LogP contribution in [0.1, 0.15) is 56.1 Å². The standard InChI is InChI=1S/C23H25N3O6S/c27-21(24-19-13-33(30,31)14-20(19)25-8-2-1-3-9-25)15-6-7-17-18(11-15)23(29)26(22(17)28)12-16-5-4-10-32-16/h4-7,10-11,19-20H,1-3,8-9,12-14H2,(H,24,27). The Kier molecular flexibility index (Phi) is 5.57. The zero-order valence-electron chi connectivity index (χ0n) is 18.0. The van der Waals surface area contributed by atoms with Crippen LogP contribution in [-0.4, -0.2) is 72.6 Å². The van der Waals surface area contributed by atoms with Crippen LogP contribution in [-0.2, 0) is 16.4 Å². The quantitative estimate of drug-likeness (QED) is 0.656. The minimum atomic E-state index is -3.25. The first-order valence-corrected chi connectivity index (χ1v) is 12.9. The number of hydrogen-bond acceptors (Lipinski definition) is 7. The molecule has 0 aliphatic carbocycles. The zero-order chi connectivity index (χ0) is 23.2. The molecule has 2 atom stereocenters. The molecular formula is C23H25N3O6S. The molecule has 1 aromatic carbocycles. The van der Waals surface area contributed by atoms with E-state index in [1.54, 1.807) is 12.1 Å². The summed E-state index contributed by atoms with van der Waals surface area (Å²) in [5.74, 6) is -0.961. The molecule has 9 nitrogen and oxygen atoms in total. The van der Waals surface area contributed by atoms with Crippen molar-refractivity contribution in [1.29, 1.82) is 0 Å². The van der Waals surface area contributed by atoms with Crippen LogP contribution < -0.4 is 5.32 Å². The molecular weight excluding hydrogens is 446 g/mol. The molecule has 33 heavy (non-hydrogen) atoms. The van der Waals surface area contributed by atoms with Crippen molar-refractivity contribution in [2.24, 2.45) is 0 Å². The summed E-state index contributed by atoms with van der Waals surface area (Å²) in [5, 5.41) is 2.88. The van der Waals surface area contributed by atoms with Crippen LogP contribution in [0, 0.1) is 0 Å². The van der Waals surface area contributed by atoms with Crippen LogP contribution >= 0.6 is 0 Å². The number of amides is 3. The van der Waals surface area contributed by atoms with Gasteiger partial charge in [0.15, 0.2) is 9.84 Å². The SMILES string of the molecule is O=C(NC1CS(=O)(=O)CC1N1CCCCC1)c1ccc2c(c1)C(=O)N(Cc1ccco1)C2=O. The Hall–Kier alpha value is -2.98. The fourth-order valence-corrected chi connectivity index (χ4v) is 6.91.